The number of hydrogen-bond donors (Lipinski definition) is 2. The molecular formula is C17H22N2O5S. The van der Waals surface area contributed by atoms with E-state index in [2.05, 4.69) is 10.9 Å². The van der Waals surface area contributed by atoms with Gasteiger partial charge in [-0.25, -0.2) is 8.42 Å². The summed E-state index contributed by atoms with van der Waals surface area (Å²) in [6.07, 6.45) is 3.45. The number of hydrogen-bond acceptors (Lipinski definition) is 5. The summed E-state index contributed by atoms with van der Waals surface area (Å²) in [5, 5.41) is 0. The van der Waals surface area contributed by atoms with Crippen molar-refractivity contribution in [3.63, 3.8) is 0 Å². The molecule has 2 N–H and O–H groups in total. The molecule has 1 aromatic rings. The number of rotatable bonds is 6. The Hall–Kier alpha value is -2.35. The number of sulfone groups is 1. The first-order valence-corrected chi connectivity index (χ1v) is 9.91. The van der Waals surface area contributed by atoms with Gasteiger partial charge in [0.15, 0.2) is 9.84 Å². The second kappa shape index (κ2) is 8.66. The van der Waals surface area contributed by atoms with E-state index in [9.17, 15) is 18.0 Å². The van der Waals surface area contributed by atoms with E-state index >= 15 is 0 Å². The van der Waals surface area contributed by atoms with Gasteiger partial charge in [-0.1, -0.05) is 18.2 Å². The minimum absolute atomic E-state index is 0.0302. The lowest BCUT2D eigenvalue weighted by Gasteiger charge is -2.09. The van der Waals surface area contributed by atoms with Crippen LogP contribution in [-0.4, -0.2) is 38.3 Å². The molecule has 1 aromatic carbocycles. The van der Waals surface area contributed by atoms with Crippen molar-refractivity contribution >= 4 is 27.7 Å². The number of hydrazine groups is 1. The standard InChI is InChI=1S/C17H22N2O5S/c1-2-24-15-6-4-3-5-14(15)7-8-16(20)18-19-17(21)11-13-9-10-25(22,23)12-13/h3-8,13H,2,9-12H2,1H3,(H,18,20)(H,19,21)/b8-7+/t13-/m0/s1. The van der Waals surface area contributed by atoms with Gasteiger partial charge in [-0.15, -0.1) is 0 Å². The molecule has 2 rings (SSSR count). The molecule has 136 valence electrons. The molecule has 2 amide bonds. The summed E-state index contributed by atoms with van der Waals surface area (Å²) in [5.74, 6) is -0.254. The number of carbonyl (C=O) groups is 2. The normalized spacial score (nSPS) is 18.8. The van der Waals surface area contributed by atoms with E-state index in [0.717, 1.165) is 5.56 Å². The molecule has 0 aromatic heterocycles. The van der Waals surface area contributed by atoms with E-state index in [1.165, 1.54) is 6.08 Å². The molecular weight excluding hydrogens is 344 g/mol. The monoisotopic (exact) mass is 366 g/mol. The summed E-state index contributed by atoms with van der Waals surface area (Å²) < 4.78 is 28.2. The zero-order chi connectivity index (χ0) is 18.3. The van der Waals surface area contributed by atoms with Gasteiger partial charge in [0.2, 0.25) is 5.91 Å². The Kier molecular flexibility index (Phi) is 6.58. The van der Waals surface area contributed by atoms with Crippen LogP contribution in [0.4, 0.5) is 0 Å². The number of benzene rings is 1. The first kappa shape index (κ1) is 19.0. The molecule has 25 heavy (non-hydrogen) atoms. The van der Waals surface area contributed by atoms with Gasteiger partial charge in [-0.3, -0.25) is 20.4 Å². The number of carbonyl (C=O) groups excluding carboxylic acids is 2. The quantitative estimate of drug-likeness (QED) is 0.579. The Morgan fingerprint density at radius 3 is 2.72 bits per heavy atom. The third kappa shape index (κ3) is 6.22. The third-order valence-corrected chi connectivity index (χ3v) is 5.60. The van der Waals surface area contributed by atoms with Gasteiger partial charge in [0.1, 0.15) is 5.75 Å². The Labute approximate surface area is 147 Å². The summed E-state index contributed by atoms with van der Waals surface area (Å²) in [6.45, 7) is 2.39. The summed E-state index contributed by atoms with van der Waals surface area (Å²) >= 11 is 0. The molecule has 0 saturated carbocycles. The molecule has 1 saturated heterocycles. The number of para-hydroxylation sites is 1. The highest BCUT2D eigenvalue weighted by Crippen LogP contribution is 2.21. The van der Waals surface area contributed by atoms with Crippen LogP contribution in [0.25, 0.3) is 6.08 Å². The summed E-state index contributed by atoms with van der Waals surface area (Å²) in [7, 11) is -3.01. The fourth-order valence-electron chi connectivity index (χ4n) is 2.59. The minimum atomic E-state index is -3.01. The topological polar surface area (TPSA) is 102 Å². The largest absolute Gasteiger partial charge is 0.493 e. The fourth-order valence-corrected chi connectivity index (χ4v) is 4.45. The van der Waals surface area contributed by atoms with Gasteiger partial charge >= 0.3 is 0 Å². The van der Waals surface area contributed by atoms with Crippen molar-refractivity contribution in [2.45, 2.75) is 19.8 Å². The Morgan fingerprint density at radius 2 is 2.04 bits per heavy atom. The maximum Gasteiger partial charge on any atom is 0.262 e. The average Bonchev–Trinajstić information content (AvgIpc) is 2.91. The molecule has 7 nitrogen and oxygen atoms in total. The number of nitrogens with one attached hydrogen (secondary N) is 2. The molecule has 0 aliphatic carbocycles. The van der Waals surface area contributed by atoms with Gasteiger partial charge in [0, 0.05) is 18.1 Å². The molecule has 1 heterocycles. The van der Waals surface area contributed by atoms with Crippen molar-refractivity contribution < 1.29 is 22.7 Å². The lowest BCUT2D eigenvalue weighted by atomic mass is 10.1. The average molecular weight is 366 g/mol. The second-order valence-corrected chi connectivity index (χ2v) is 8.04. The van der Waals surface area contributed by atoms with E-state index < -0.39 is 21.7 Å². The van der Waals surface area contributed by atoms with E-state index in [1.807, 2.05) is 25.1 Å². The van der Waals surface area contributed by atoms with E-state index in [-0.39, 0.29) is 23.8 Å². The maximum atomic E-state index is 11.8. The molecule has 1 atom stereocenters. The highest BCUT2D eigenvalue weighted by Gasteiger charge is 2.29. The van der Waals surface area contributed by atoms with E-state index in [4.69, 9.17) is 4.74 Å². The highest BCUT2D eigenvalue weighted by molar-refractivity contribution is 7.91. The molecule has 0 bridgehead atoms. The van der Waals surface area contributed by atoms with Gasteiger partial charge in [0.25, 0.3) is 5.91 Å². The molecule has 1 fully saturated rings. The predicted octanol–water partition coefficient (Wildman–Crippen LogP) is 1.07. The van der Waals surface area contributed by atoms with Gasteiger partial charge < -0.3 is 4.74 Å². The zero-order valence-electron chi connectivity index (χ0n) is 14.0. The minimum Gasteiger partial charge on any atom is -0.493 e. The van der Waals surface area contributed by atoms with Crippen molar-refractivity contribution in [3.8, 4) is 5.75 Å². The first-order valence-electron chi connectivity index (χ1n) is 8.09. The van der Waals surface area contributed by atoms with Crippen LogP contribution in [0.2, 0.25) is 0 Å². The molecule has 0 radical (unpaired) electrons. The van der Waals surface area contributed by atoms with Crippen molar-refractivity contribution in [3.05, 3.63) is 35.9 Å². The van der Waals surface area contributed by atoms with Crippen molar-refractivity contribution in [1.29, 1.82) is 0 Å². The van der Waals surface area contributed by atoms with E-state index in [0.29, 0.717) is 18.8 Å². The SMILES string of the molecule is CCOc1ccccc1/C=C/C(=O)NNC(=O)C[C@@H]1CCS(=O)(=O)C1. The smallest absolute Gasteiger partial charge is 0.262 e. The Balaban J connectivity index is 1.79. The van der Waals surface area contributed by atoms with Crippen LogP contribution >= 0.6 is 0 Å². The van der Waals surface area contributed by atoms with Gasteiger partial charge in [0.05, 0.1) is 18.1 Å². The molecule has 1 aliphatic rings. The zero-order valence-corrected chi connectivity index (χ0v) is 14.8. The van der Waals surface area contributed by atoms with Crippen molar-refractivity contribution in [1.82, 2.24) is 10.9 Å². The second-order valence-electron chi connectivity index (χ2n) is 5.81. The molecule has 1 aliphatic heterocycles. The van der Waals surface area contributed by atoms with Crippen LogP contribution < -0.4 is 15.6 Å². The molecule has 0 spiro atoms. The van der Waals surface area contributed by atoms with Crippen LogP contribution in [0.1, 0.15) is 25.3 Å². The Morgan fingerprint density at radius 1 is 1.28 bits per heavy atom. The summed E-state index contributed by atoms with van der Waals surface area (Å²) in [6, 6.07) is 7.29. The predicted molar refractivity (Wildman–Crippen MR) is 94.3 cm³/mol. The third-order valence-electron chi connectivity index (χ3n) is 3.76. The highest BCUT2D eigenvalue weighted by atomic mass is 32.2. The van der Waals surface area contributed by atoms with Gasteiger partial charge in [-0.2, -0.15) is 0 Å². The molecule has 8 heteroatoms. The van der Waals surface area contributed by atoms with Crippen LogP contribution in [0.3, 0.4) is 0 Å². The number of ether oxygens (including phenoxy) is 1. The summed E-state index contributed by atoms with van der Waals surface area (Å²) in [5.41, 5.74) is 5.33. The summed E-state index contributed by atoms with van der Waals surface area (Å²) in [4.78, 5) is 23.5. The lowest BCUT2D eigenvalue weighted by molar-refractivity contribution is -0.127. The Bertz CT molecular complexity index is 758. The lowest BCUT2D eigenvalue weighted by Crippen LogP contribution is -2.41. The first-order chi connectivity index (χ1) is 11.9. The van der Waals surface area contributed by atoms with Crippen molar-refractivity contribution in [2.24, 2.45) is 5.92 Å². The maximum absolute atomic E-state index is 11.8. The van der Waals surface area contributed by atoms with Crippen molar-refractivity contribution in [2.75, 3.05) is 18.1 Å². The number of amides is 2. The van der Waals surface area contributed by atoms with Gasteiger partial charge in [-0.05, 0) is 31.4 Å². The van der Waals surface area contributed by atoms with Crippen LogP contribution in [0.5, 0.6) is 5.75 Å². The van der Waals surface area contributed by atoms with Crippen LogP contribution in [0, 0.1) is 5.92 Å². The van der Waals surface area contributed by atoms with Crippen LogP contribution in [-0.2, 0) is 19.4 Å². The fraction of sp³-hybridized carbons (Fsp3) is 0.412. The molecule has 0 unspecified atom stereocenters. The van der Waals surface area contributed by atoms with Crippen LogP contribution in [0.15, 0.2) is 30.3 Å². The van der Waals surface area contributed by atoms with E-state index in [1.54, 1.807) is 12.1 Å².